The molecule has 1 unspecified atom stereocenters. The van der Waals surface area contributed by atoms with E-state index in [1.165, 1.54) is 0 Å². The molecule has 1 aliphatic heterocycles. The van der Waals surface area contributed by atoms with Crippen molar-refractivity contribution in [1.82, 2.24) is 24.8 Å². The Balaban J connectivity index is 1.19. The van der Waals surface area contributed by atoms with E-state index in [2.05, 4.69) is 24.8 Å². The number of rotatable bonds is 5. The first-order chi connectivity index (χ1) is 16.2. The normalized spacial score (nSPS) is 14.8. The Morgan fingerprint density at radius 3 is 2.30 bits per heavy atom. The van der Waals surface area contributed by atoms with Gasteiger partial charge in [-0.05, 0) is 49.4 Å². The van der Waals surface area contributed by atoms with Gasteiger partial charge >= 0.3 is 0 Å². The van der Waals surface area contributed by atoms with Gasteiger partial charge in [0.25, 0.3) is 5.91 Å². The number of piperazine rings is 1. The van der Waals surface area contributed by atoms with Crippen LogP contribution in [0, 0.1) is 0 Å². The van der Waals surface area contributed by atoms with Crippen LogP contribution in [0.2, 0.25) is 0 Å². The summed E-state index contributed by atoms with van der Waals surface area (Å²) in [6.45, 7) is 4.42. The molecule has 4 aromatic rings. The van der Waals surface area contributed by atoms with Crippen LogP contribution in [0.4, 0.5) is 5.95 Å². The van der Waals surface area contributed by atoms with E-state index in [1.807, 2.05) is 53.4 Å². The van der Waals surface area contributed by atoms with E-state index in [9.17, 15) is 4.79 Å². The number of carbonyl (C=O) groups excluding carboxylic acids is 1. The summed E-state index contributed by atoms with van der Waals surface area (Å²) in [7, 11) is 0. The van der Waals surface area contributed by atoms with Crippen LogP contribution in [0.5, 0.6) is 5.75 Å². The zero-order valence-electron chi connectivity index (χ0n) is 18.3. The third-order valence-corrected chi connectivity index (χ3v) is 5.69. The fraction of sp³-hybridized carbons (Fsp3) is 0.240. The van der Waals surface area contributed by atoms with Crippen molar-refractivity contribution in [2.45, 2.75) is 13.0 Å². The average Bonchev–Trinajstić information content (AvgIpc) is 2.89. The molecule has 0 spiro atoms. The minimum absolute atomic E-state index is 0.0203. The van der Waals surface area contributed by atoms with Gasteiger partial charge in [-0.3, -0.25) is 9.78 Å². The number of nitrogens with zero attached hydrogens (tertiary/aromatic N) is 6. The van der Waals surface area contributed by atoms with E-state index in [1.54, 1.807) is 31.6 Å². The molecule has 8 heteroatoms. The number of benzene rings is 2. The molecule has 2 aromatic heterocycles. The lowest BCUT2D eigenvalue weighted by Crippen LogP contribution is -2.52. The SMILES string of the molecule is CC(Oc1ccc(-c2cnc3ccccc3n2)cc1)C(=O)N1CCN(c2ncccn2)CC1. The van der Waals surface area contributed by atoms with Crippen molar-refractivity contribution < 1.29 is 9.53 Å². The van der Waals surface area contributed by atoms with Gasteiger partial charge in [-0.15, -0.1) is 0 Å². The minimum Gasteiger partial charge on any atom is -0.481 e. The summed E-state index contributed by atoms with van der Waals surface area (Å²) in [4.78, 5) is 34.5. The fourth-order valence-electron chi connectivity index (χ4n) is 3.89. The predicted octanol–water partition coefficient (Wildman–Crippen LogP) is 3.20. The number of ether oxygens (including phenoxy) is 1. The van der Waals surface area contributed by atoms with Crippen LogP contribution in [-0.2, 0) is 4.79 Å². The number of carbonyl (C=O) groups is 1. The quantitative estimate of drug-likeness (QED) is 0.471. The molecule has 0 bridgehead atoms. The van der Waals surface area contributed by atoms with E-state index in [-0.39, 0.29) is 5.91 Å². The molecule has 8 nitrogen and oxygen atoms in total. The van der Waals surface area contributed by atoms with Gasteiger partial charge in [-0.25, -0.2) is 15.0 Å². The lowest BCUT2D eigenvalue weighted by atomic mass is 10.1. The van der Waals surface area contributed by atoms with E-state index in [0.717, 1.165) is 22.3 Å². The maximum absolute atomic E-state index is 12.9. The molecule has 0 aliphatic carbocycles. The summed E-state index contributed by atoms with van der Waals surface area (Å²) >= 11 is 0. The second kappa shape index (κ2) is 9.20. The Bertz CT molecular complexity index is 1240. The molecule has 1 amide bonds. The number of para-hydroxylation sites is 2. The van der Waals surface area contributed by atoms with Crippen LogP contribution in [0.15, 0.2) is 73.2 Å². The smallest absolute Gasteiger partial charge is 0.263 e. The summed E-state index contributed by atoms with van der Waals surface area (Å²) in [5.74, 6) is 1.32. The molecule has 5 rings (SSSR count). The molecule has 1 atom stereocenters. The van der Waals surface area contributed by atoms with Crippen molar-refractivity contribution in [1.29, 1.82) is 0 Å². The summed E-state index contributed by atoms with van der Waals surface area (Å²) in [6, 6.07) is 17.2. The predicted molar refractivity (Wildman–Crippen MR) is 126 cm³/mol. The van der Waals surface area contributed by atoms with Crippen molar-refractivity contribution in [3.8, 4) is 17.0 Å². The molecule has 2 aromatic carbocycles. The summed E-state index contributed by atoms with van der Waals surface area (Å²) in [6.07, 6.45) is 4.65. The lowest BCUT2D eigenvalue weighted by molar-refractivity contribution is -0.138. The highest BCUT2D eigenvalue weighted by Gasteiger charge is 2.26. The van der Waals surface area contributed by atoms with Gasteiger partial charge in [-0.1, -0.05) is 12.1 Å². The molecule has 1 aliphatic rings. The van der Waals surface area contributed by atoms with Crippen molar-refractivity contribution in [2.75, 3.05) is 31.1 Å². The lowest BCUT2D eigenvalue weighted by Gasteiger charge is -2.35. The monoisotopic (exact) mass is 440 g/mol. The van der Waals surface area contributed by atoms with Crippen LogP contribution in [0.1, 0.15) is 6.92 Å². The summed E-state index contributed by atoms with van der Waals surface area (Å²) < 4.78 is 5.94. The molecule has 33 heavy (non-hydrogen) atoms. The molecule has 1 fully saturated rings. The van der Waals surface area contributed by atoms with Crippen molar-refractivity contribution >= 4 is 22.9 Å². The molecule has 0 saturated carbocycles. The van der Waals surface area contributed by atoms with Gasteiger partial charge in [0.1, 0.15) is 5.75 Å². The number of anilines is 1. The summed E-state index contributed by atoms with van der Waals surface area (Å²) in [5, 5.41) is 0. The molecule has 3 heterocycles. The number of hydrogen-bond acceptors (Lipinski definition) is 7. The van der Waals surface area contributed by atoms with Gasteiger partial charge in [0.2, 0.25) is 5.95 Å². The van der Waals surface area contributed by atoms with Gasteiger partial charge in [0, 0.05) is 44.1 Å². The largest absolute Gasteiger partial charge is 0.481 e. The van der Waals surface area contributed by atoms with Crippen molar-refractivity contribution in [3.63, 3.8) is 0 Å². The minimum atomic E-state index is -0.573. The first-order valence-electron chi connectivity index (χ1n) is 11.0. The second-order valence-electron chi connectivity index (χ2n) is 7.89. The van der Waals surface area contributed by atoms with E-state index < -0.39 is 6.10 Å². The Labute approximate surface area is 191 Å². The molecule has 1 saturated heterocycles. The second-order valence-corrected chi connectivity index (χ2v) is 7.89. The Hall–Kier alpha value is -4.07. The molecule has 0 radical (unpaired) electrons. The number of aromatic nitrogens is 4. The molecular weight excluding hydrogens is 416 g/mol. The zero-order chi connectivity index (χ0) is 22.6. The average molecular weight is 441 g/mol. The van der Waals surface area contributed by atoms with Gasteiger partial charge < -0.3 is 14.5 Å². The topological polar surface area (TPSA) is 84.3 Å². The zero-order valence-corrected chi connectivity index (χ0v) is 18.3. The first-order valence-corrected chi connectivity index (χ1v) is 11.0. The molecule has 166 valence electrons. The van der Waals surface area contributed by atoms with Crippen LogP contribution in [0.25, 0.3) is 22.3 Å². The van der Waals surface area contributed by atoms with Crippen LogP contribution >= 0.6 is 0 Å². The van der Waals surface area contributed by atoms with E-state index in [0.29, 0.717) is 37.9 Å². The number of hydrogen-bond donors (Lipinski definition) is 0. The van der Waals surface area contributed by atoms with Crippen molar-refractivity contribution in [3.05, 3.63) is 73.2 Å². The first kappa shape index (κ1) is 20.8. The summed E-state index contributed by atoms with van der Waals surface area (Å²) in [5.41, 5.74) is 3.46. The number of fused-ring (bicyclic) bond motifs is 1. The highest BCUT2D eigenvalue weighted by atomic mass is 16.5. The highest BCUT2D eigenvalue weighted by molar-refractivity contribution is 5.81. The Kier molecular flexibility index (Phi) is 5.80. The maximum Gasteiger partial charge on any atom is 0.263 e. The van der Waals surface area contributed by atoms with Crippen LogP contribution < -0.4 is 9.64 Å². The Morgan fingerprint density at radius 1 is 0.879 bits per heavy atom. The Morgan fingerprint density at radius 2 is 1.58 bits per heavy atom. The van der Waals surface area contributed by atoms with Gasteiger partial charge in [0.15, 0.2) is 6.10 Å². The maximum atomic E-state index is 12.9. The van der Waals surface area contributed by atoms with E-state index in [4.69, 9.17) is 4.74 Å². The van der Waals surface area contributed by atoms with Crippen LogP contribution in [0.3, 0.4) is 0 Å². The van der Waals surface area contributed by atoms with Crippen LogP contribution in [-0.4, -0.2) is 63.0 Å². The fourth-order valence-corrected chi connectivity index (χ4v) is 3.89. The van der Waals surface area contributed by atoms with Gasteiger partial charge in [-0.2, -0.15) is 0 Å². The van der Waals surface area contributed by atoms with E-state index >= 15 is 0 Å². The van der Waals surface area contributed by atoms with Crippen molar-refractivity contribution in [2.24, 2.45) is 0 Å². The molecular formula is C25H24N6O2. The highest BCUT2D eigenvalue weighted by Crippen LogP contribution is 2.23. The standard InChI is InChI=1S/C25H24N6O2/c1-18(24(32)30-13-15-31(16-14-30)25-26-11-4-12-27-25)33-20-9-7-19(8-10-20)23-17-28-21-5-2-3-6-22(21)29-23/h2-12,17-18H,13-16H2,1H3. The third kappa shape index (κ3) is 4.59. The molecule has 0 N–H and O–H groups in total. The van der Waals surface area contributed by atoms with Gasteiger partial charge in [0.05, 0.1) is 22.9 Å². The third-order valence-electron chi connectivity index (χ3n) is 5.69. The number of amides is 1.